The van der Waals surface area contributed by atoms with Gasteiger partial charge in [0.15, 0.2) is 0 Å². The second-order valence-electron chi connectivity index (χ2n) is 4.58. The van der Waals surface area contributed by atoms with Crippen LogP contribution in [0.1, 0.15) is 0 Å². The molecule has 4 N–H and O–H groups in total. The van der Waals surface area contributed by atoms with E-state index in [9.17, 15) is 14.7 Å². The molecule has 0 radical (unpaired) electrons. The van der Waals surface area contributed by atoms with Gasteiger partial charge in [0.25, 0.3) is 5.91 Å². The van der Waals surface area contributed by atoms with Crippen molar-refractivity contribution in [1.82, 2.24) is 25.5 Å². The van der Waals surface area contributed by atoms with Gasteiger partial charge >= 0.3 is 5.97 Å². The Morgan fingerprint density at radius 3 is 3.09 bits per heavy atom. The molecule has 118 valence electrons. The molecule has 1 saturated heterocycles. The van der Waals surface area contributed by atoms with Gasteiger partial charge in [-0.05, 0) is 10.8 Å². The number of aliphatic carboxylic acids is 1. The Balaban J connectivity index is 1.85. The van der Waals surface area contributed by atoms with Crippen LogP contribution in [-0.4, -0.2) is 72.2 Å². The zero-order valence-electron chi connectivity index (χ0n) is 11.3. The van der Waals surface area contributed by atoms with Crippen LogP contribution in [0.5, 0.6) is 0 Å². The number of nitrogens with two attached hydrogens (primary N) is 1. The summed E-state index contributed by atoms with van der Waals surface area (Å²) in [7, 11) is 1.33. The molecule has 1 fully saturated rings. The van der Waals surface area contributed by atoms with Gasteiger partial charge in [-0.3, -0.25) is 15.4 Å². The number of carbonyl (C=O) groups is 2. The monoisotopic (exact) mass is 344 g/mol. The number of carboxylic acids is 1. The number of nitrogens with zero attached hydrogens (tertiary/aromatic N) is 4. The van der Waals surface area contributed by atoms with Gasteiger partial charge in [-0.2, -0.15) is 5.21 Å². The lowest BCUT2D eigenvalue weighted by Gasteiger charge is -2.54. The number of hydrogen-bond acceptors (Lipinski definition) is 9. The molecule has 3 heterocycles. The van der Waals surface area contributed by atoms with E-state index >= 15 is 0 Å². The first kappa shape index (κ1) is 15.3. The van der Waals surface area contributed by atoms with Crippen molar-refractivity contribution >= 4 is 35.4 Å². The normalized spacial score (nSPS) is 27.6. The minimum atomic E-state index is -1.46. The molecule has 1 amide bonds. The fourth-order valence-corrected chi connectivity index (χ4v) is 4.55. The van der Waals surface area contributed by atoms with Crippen molar-refractivity contribution in [3.8, 4) is 0 Å². The summed E-state index contributed by atoms with van der Waals surface area (Å²) in [4.78, 5) is 24.9. The van der Waals surface area contributed by atoms with E-state index in [-0.39, 0.29) is 5.70 Å². The van der Waals surface area contributed by atoms with Crippen molar-refractivity contribution < 1.29 is 19.4 Å². The van der Waals surface area contributed by atoms with E-state index in [1.165, 1.54) is 35.5 Å². The Morgan fingerprint density at radius 1 is 1.73 bits per heavy atom. The topological polar surface area (TPSA) is 147 Å². The number of nitrogens with one attached hydrogen (secondary N) is 1. The van der Waals surface area contributed by atoms with Gasteiger partial charge < -0.3 is 9.84 Å². The smallest absolute Gasteiger partial charge is 0.352 e. The molecule has 1 aromatic heterocycles. The standard InChI is InChI=1S/C10H12N6O4S2/c1-20-10(11)7(19)16-5(6(17)18)4(2-21-8(10)16)3-22-9-12-14-15-13-9/h8H,2-3,11H2,1H3,(H,17,18)(H,12,13,14,15)/t8-,10-/m0/s1. The average Bonchev–Trinajstić information content (AvgIpc) is 3.03. The molecule has 0 aliphatic carbocycles. The number of amides is 1. The number of rotatable bonds is 5. The maximum absolute atomic E-state index is 12.2. The number of ether oxygens (including phenoxy) is 1. The molecule has 2 aliphatic heterocycles. The third-order valence-corrected chi connectivity index (χ3v) is 5.70. The summed E-state index contributed by atoms with van der Waals surface area (Å²) in [5.74, 6) is -0.939. The summed E-state index contributed by atoms with van der Waals surface area (Å²) in [5, 5.41) is 22.6. The fraction of sp³-hybridized carbons (Fsp3) is 0.500. The van der Waals surface area contributed by atoms with E-state index in [1.807, 2.05) is 0 Å². The number of methoxy groups -OCH3 is 1. The van der Waals surface area contributed by atoms with Crippen molar-refractivity contribution in [2.24, 2.45) is 5.73 Å². The average molecular weight is 344 g/mol. The fourth-order valence-electron chi connectivity index (χ4n) is 2.28. The van der Waals surface area contributed by atoms with E-state index < -0.39 is 23.0 Å². The lowest BCUT2D eigenvalue weighted by Crippen LogP contribution is -2.78. The highest BCUT2D eigenvalue weighted by molar-refractivity contribution is 8.01. The molecule has 3 rings (SSSR count). The largest absolute Gasteiger partial charge is 0.477 e. The number of fused-ring (bicyclic) bond motifs is 1. The van der Waals surface area contributed by atoms with E-state index in [0.717, 1.165) is 0 Å². The van der Waals surface area contributed by atoms with Gasteiger partial charge in [-0.25, -0.2) is 4.79 Å². The molecular formula is C10H12N6O4S2. The maximum atomic E-state index is 12.2. The SMILES string of the molecule is CO[C@@]1(N)C(=O)N2C(C(=O)O)=C(CSc3nn[nH]n3)CS[C@H]21. The van der Waals surface area contributed by atoms with Crippen LogP contribution in [0.3, 0.4) is 0 Å². The highest BCUT2D eigenvalue weighted by atomic mass is 32.2. The predicted molar refractivity (Wildman–Crippen MR) is 76.6 cm³/mol. The number of carbonyl (C=O) groups excluding carboxylic acids is 1. The van der Waals surface area contributed by atoms with Crippen molar-refractivity contribution in [1.29, 1.82) is 0 Å². The Kier molecular flexibility index (Phi) is 3.84. The summed E-state index contributed by atoms with van der Waals surface area (Å²) in [6, 6.07) is 0. The first-order valence-electron chi connectivity index (χ1n) is 6.10. The van der Waals surface area contributed by atoms with Crippen LogP contribution in [0.2, 0.25) is 0 Å². The van der Waals surface area contributed by atoms with Gasteiger partial charge in [-0.1, -0.05) is 11.8 Å². The lowest BCUT2D eigenvalue weighted by molar-refractivity contribution is -0.182. The summed E-state index contributed by atoms with van der Waals surface area (Å²) < 4.78 is 5.05. The molecule has 0 spiro atoms. The van der Waals surface area contributed by atoms with E-state index in [2.05, 4.69) is 20.6 Å². The van der Waals surface area contributed by atoms with Crippen LogP contribution in [0, 0.1) is 0 Å². The molecule has 10 nitrogen and oxygen atoms in total. The molecule has 12 heteroatoms. The molecule has 2 aliphatic rings. The third kappa shape index (κ3) is 2.18. The number of aromatic nitrogens is 4. The van der Waals surface area contributed by atoms with Crippen LogP contribution in [0.15, 0.2) is 16.4 Å². The molecule has 0 aromatic carbocycles. The number of aromatic amines is 1. The van der Waals surface area contributed by atoms with E-state index in [4.69, 9.17) is 10.5 Å². The number of hydrogen-bond donors (Lipinski definition) is 3. The van der Waals surface area contributed by atoms with Gasteiger partial charge in [0, 0.05) is 18.6 Å². The van der Waals surface area contributed by atoms with Crippen LogP contribution in [0.4, 0.5) is 0 Å². The van der Waals surface area contributed by atoms with Gasteiger partial charge in [0.1, 0.15) is 11.1 Å². The Bertz CT molecular complexity index is 650. The van der Waals surface area contributed by atoms with Crippen molar-refractivity contribution in [3.05, 3.63) is 11.3 Å². The summed E-state index contributed by atoms with van der Waals surface area (Å²) in [6.45, 7) is 0. The molecule has 0 unspecified atom stereocenters. The van der Waals surface area contributed by atoms with Crippen molar-refractivity contribution in [2.45, 2.75) is 16.3 Å². The second-order valence-corrected chi connectivity index (χ2v) is 6.59. The number of thioether (sulfide) groups is 2. The van der Waals surface area contributed by atoms with Crippen LogP contribution in [0.25, 0.3) is 0 Å². The molecule has 22 heavy (non-hydrogen) atoms. The minimum absolute atomic E-state index is 0.0390. The van der Waals surface area contributed by atoms with Gasteiger partial charge in [0.05, 0.1) is 0 Å². The second kappa shape index (κ2) is 5.53. The number of H-pyrrole nitrogens is 1. The number of tetrazole rings is 1. The van der Waals surface area contributed by atoms with Crippen molar-refractivity contribution in [3.63, 3.8) is 0 Å². The molecular weight excluding hydrogens is 332 g/mol. The molecule has 0 saturated carbocycles. The Hall–Kier alpha value is -1.63. The van der Waals surface area contributed by atoms with Crippen LogP contribution in [-0.2, 0) is 14.3 Å². The van der Waals surface area contributed by atoms with Crippen molar-refractivity contribution in [2.75, 3.05) is 18.6 Å². The predicted octanol–water partition coefficient (Wildman–Crippen LogP) is -1.15. The van der Waals surface area contributed by atoms with Gasteiger partial charge in [0.2, 0.25) is 10.9 Å². The van der Waals surface area contributed by atoms with E-state index in [0.29, 0.717) is 22.2 Å². The summed E-state index contributed by atoms with van der Waals surface area (Å²) >= 11 is 2.61. The number of β-lactam (4-membered cyclic amide) rings is 1. The third-order valence-electron chi connectivity index (χ3n) is 3.39. The summed E-state index contributed by atoms with van der Waals surface area (Å²) in [5.41, 5.74) is 4.98. The highest BCUT2D eigenvalue weighted by Crippen LogP contribution is 2.45. The first-order valence-corrected chi connectivity index (χ1v) is 8.13. The zero-order chi connectivity index (χ0) is 15.9. The quantitative estimate of drug-likeness (QED) is 0.339. The van der Waals surface area contributed by atoms with Gasteiger partial charge in [-0.15, -0.1) is 22.0 Å². The van der Waals surface area contributed by atoms with E-state index in [1.54, 1.807) is 0 Å². The number of carboxylic acid groups (broad SMARTS) is 1. The zero-order valence-corrected chi connectivity index (χ0v) is 13.0. The molecule has 1 aromatic rings. The first-order chi connectivity index (χ1) is 10.5. The maximum Gasteiger partial charge on any atom is 0.352 e. The molecule has 0 bridgehead atoms. The minimum Gasteiger partial charge on any atom is -0.477 e. The lowest BCUT2D eigenvalue weighted by atomic mass is 10.00. The summed E-state index contributed by atoms with van der Waals surface area (Å²) in [6.07, 6.45) is 0. The van der Waals surface area contributed by atoms with Crippen LogP contribution < -0.4 is 5.73 Å². The Morgan fingerprint density at radius 2 is 2.50 bits per heavy atom. The highest BCUT2D eigenvalue weighted by Gasteiger charge is 2.63. The van der Waals surface area contributed by atoms with Crippen LogP contribution >= 0.6 is 23.5 Å². The molecule has 2 atom stereocenters. The Labute approximate surface area is 132 Å².